The molecule has 134 valence electrons. The maximum absolute atomic E-state index is 13.4. The summed E-state index contributed by atoms with van der Waals surface area (Å²) in [6, 6.07) is 13.5. The number of para-hydroxylation sites is 1. The third kappa shape index (κ3) is 5.67. The summed E-state index contributed by atoms with van der Waals surface area (Å²) in [4.78, 5) is 14.1. The van der Waals surface area contributed by atoms with Crippen LogP contribution < -0.4 is 20.3 Å². The maximum Gasteiger partial charge on any atom is 0.319 e. The Bertz CT molecular complexity index is 673. The molecule has 0 fully saturated rings. The van der Waals surface area contributed by atoms with Crippen LogP contribution in [0.5, 0.6) is 5.75 Å². The first-order chi connectivity index (χ1) is 12.1. The van der Waals surface area contributed by atoms with Crippen molar-refractivity contribution in [2.75, 3.05) is 36.5 Å². The Morgan fingerprint density at radius 1 is 1.08 bits per heavy atom. The van der Waals surface area contributed by atoms with E-state index < -0.39 is 5.82 Å². The fourth-order valence-electron chi connectivity index (χ4n) is 2.41. The van der Waals surface area contributed by atoms with E-state index in [4.69, 9.17) is 4.74 Å². The van der Waals surface area contributed by atoms with E-state index in [1.165, 1.54) is 6.07 Å². The van der Waals surface area contributed by atoms with Gasteiger partial charge in [0.1, 0.15) is 6.61 Å². The molecule has 5 nitrogen and oxygen atoms in total. The summed E-state index contributed by atoms with van der Waals surface area (Å²) in [5.74, 6) is -0.239. The molecule has 0 atom stereocenters. The minimum Gasteiger partial charge on any atom is -0.489 e. The number of nitrogens with zero attached hydrogens (tertiary/aromatic N) is 1. The average Bonchev–Trinajstić information content (AvgIpc) is 2.62. The molecule has 0 spiro atoms. The Morgan fingerprint density at radius 3 is 2.40 bits per heavy atom. The second-order valence-corrected chi connectivity index (χ2v) is 5.38. The van der Waals surface area contributed by atoms with E-state index in [1.54, 1.807) is 18.2 Å². The van der Waals surface area contributed by atoms with E-state index in [0.717, 1.165) is 18.8 Å². The zero-order valence-electron chi connectivity index (χ0n) is 14.6. The number of hydrogen-bond donors (Lipinski definition) is 2. The number of carbonyl (C=O) groups excluding carboxylic acids is 1. The van der Waals surface area contributed by atoms with Crippen molar-refractivity contribution in [2.45, 2.75) is 13.8 Å². The van der Waals surface area contributed by atoms with Crippen molar-refractivity contribution in [3.8, 4) is 5.75 Å². The fourth-order valence-corrected chi connectivity index (χ4v) is 2.41. The Kier molecular flexibility index (Phi) is 7.07. The van der Waals surface area contributed by atoms with E-state index >= 15 is 0 Å². The van der Waals surface area contributed by atoms with Crippen LogP contribution in [0, 0.1) is 5.82 Å². The summed E-state index contributed by atoms with van der Waals surface area (Å²) < 4.78 is 18.7. The summed E-state index contributed by atoms with van der Waals surface area (Å²) in [5, 5.41) is 5.43. The quantitative estimate of drug-likeness (QED) is 0.714. The minimum absolute atomic E-state index is 0.177. The number of hydrogen-bond acceptors (Lipinski definition) is 3. The van der Waals surface area contributed by atoms with Crippen LogP contribution >= 0.6 is 0 Å². The smallest absolute Gasteiger partial charge is 0.319 e. The largest absolute Gasteiger partial charge is 0.489 e. The summed E-state index contributed by atoms with van der Waals surface area (Å²) in [6.45, 7) is 6.55. The summed E-state index contributed by atoms with van der Waals surface area (Å²) in [6.07, 6.45) is 0. The molecular weight excluding hydrogens is 321 g/mol. The van der Waals surface area contributed by atoms with Crippen molar-refractivity contribution in [1.29, 1.82) is 0 Å². The van der Waals surface area contributed by atoms with Crippen LogP contribution in [-0.4, -0.2) is 32.3 Å². The van der Waals surface area contributed by atoms with Gasteiger partial charge in [0, 0.05) is 24.5 Å². The first-order valence-corrected chi connectivity index (χ1v) is 8.41. The van der Waals surface area contributed by atoms with Crippen LogP contribution in [0.2, 0.25) is 0 Å². The van der Waals surface area contributed by atoms with Crippen LogP contribution in [0.1, 0.15) is 13.8 Å². The Hall–Kier alpha value is -2.76. The van der Waals surface area contributed by atoms with Gasteiger partial charge in [-0.25, -0.2) is 9.18 Å². The lowest BCUT2D eigenvalue weighted by atomic mass is 10.2. The van der Waals surface area contributed by atoms with Crippen molar-refractivity contribution in [3.63, 3.8) is 0 Å². The van der Waals surface area contributed by atoms with Crippen LogP contribution in [0.3, 0.4) is 0 Å². The number of ether oxygens (including phenoxy) is 1. The molecular formula is C19H24FN3O2. The first-order valence-electron chi connectivity index (χ1n) is 8.41. The molecule has 2 aromatic carbocycles. The van der Waals surface area contributed by atoms with E-state index in [1.807, 2.05) is 24.3 Å². The molecule has 6 heteroatoms. The number of benzene rings is 2. The van der Waals surface area contributed by atoms with Gasteiger partial charge in [0.05, 0.1) is 6.54 Å². The maximum atomic E-state index is 13.4. The van der Waals surface area contributed by atoms with Crippen molar-refractivity contribution in [1.82, 2.24) is 5.32 Å². The molecule has 0 heterocycles. The fraction of sp³-hybridized carbons (Fsp3) is 0.316. The van der Waals surface area contributed by atoms with Crippen LogP contribution in [0.25, 0.3) is 0 Å². The Labute approximate surface area is 147 Å². The number of carbonyl (C=O) groups is 1. The molecule has 25 heavy (non-hydrogen) atoms. The molecule has 0 radical (unpaired) electrons. The van der Waals surface area contributed by atoms with Crippen molar-refractivity contribution in [3.05, 3.63) is 54.3 Å². The molecule has 2 rings (SSSR count). The standard InChI is InChI=1S/C19H24FN3O2/c1-3-23(4-2)16-11-9-15(10-12-16)22-19(24)21-13-14-25-18-8-6-5-7-17(18)20/h5-12H,3-4,13-14H2,1-2H3,(H2,21,22,24). The van der Waals surface area contributed by atoms with E-state index in [-0.39, 0.29) is 24.9 Å². The molecule has 2 amide bonds. The summed E-state index contributed by atoms with van der Waals surface area (Å²) in [5.41, 5.74) is 1.83. The highest BCUT2D eigenvalue weighted by Gasteiger charge is 2.05. The molecule has 0 bridgehead atoms. The molecule has 2 N–H and O–H groups in total. The van der Waals surface area contributed by atoms with Gasteiger partial charge in [0.25, 0.3) is 0 Å². The van der Waals surface area contributed by atoms with Gasteiger partial charge in [0.2, 0.25) is 0 Å². The number of nitrogens with one attached hydrogen (secondary N) is 2. The van der Waals surface area contributed by atoms with Gasteiger partial charge in [-0.15, -0.1) is 0 Å². The van der Waals surface area contributed by atoms with Crippen LogP contribution in [-0.2, 0) is 0 Å². The topological polar surface area (TPSA) is 53.6 Å². The van der Waals surface area contributed by atoms with Crippen molar-refractivity contribution >= 4 is 17.4 Å². The highest BCUT2D eigenvalue weighted by molar-refractivity contribution is 5.89. The van der Waals surface area contributed by atoms with E-state index in [0.29, 0.717) is 5.69 Å². The van der Waals surface area contributed by atoms with Gasteiger partial charge < -0.3 is 20.3 Å². The second-order valence-electron chi connectivity index (χ2n) is 5.38. The minimum atomic E-state index is -0.416. The predicted molar refractivity (Wildman–Crippen MR) is 98.9 cm³/mol. The second kappa shape index (κ2) is 9.52. The van der Waals surface area contributed by atoms with Gasteiger partial charge in [-0.05, 0) is 50.2 Å². The molecule has 0 aromatic heterocycles. The highest BCUT2D eigenvalue weighted by Crippen LogP contribution is 2.17. The monoisotopic (exact) mass is 345 g/mol. The summed E-state index contributed by atoms with van der Waals surface area (Å²) >= 11 is 0. The molecule has 0 saturated carbocycles. The molecule has 0 saturated heterocycles. The third-order valence-corrected chi connectivity index (χ3v) is 3.74. The zero-order valence-corrected chi connectivity index (χ0v) is 14.6. The van der Waals surface area contributed by atoms with Gasteiger partial charge in [-0.2, -0.15) is 0 Å². The van der Waals surface area contributed by atoms with Gasteiger partial charge >= 0.3 is 6.03 Å². The SMILES string of the molecule is CCN(CC)c1ccc(NC(=O)NCCOc2ccccc2F)cc1. The lowest BCUT2D eigenvalue weighted by Gasteiger charge is -2.21. The summed E-state index contributed by atoms with van der Waals surface area (Å²) in [7, 11) is 0. The number of halogens is 1. The van der Waals surface area contributed by atoms with Crippen molar-refractivity contribution in [2.24, 2.45) is 0 Å². The lowest BCUT2D eigenvalue weighted by Crippen LogP contribution is -2.32. The molecule has 2 aromatic rings. The zero-order chi connectivity index (χ0) is 18.1. The van der Waals surface area contributed by atoms with Crippen LogP contribution in [0.4, 0.5) is 20.6 Å². The van der Waals surface area contributed by atoms with Gasteiger partial charge in [0.15, 0.2) is 11.6 Å². The molecule has 0 aliphatic rings. The average molecular weight is 345 g/mol. The lowest BCUT2D eigenvalue weighted by molar-refractivity contribution is 0.246. The number of rotatable bonds is 8. The number of amides is 2. The highest BCUT2D eigenvalue weighted by atomic mass is 19.1. The van der Waals surface area contributed by atoms with Gasteiger partial charge in [-0.3, -0.25) is 0 Å². The first kappa shape index (κ1) is 18.6. The Balaban J connectivity index is 1.74. The normalized spacial score (nSPS) is 10.2. The van der Waals surface area contributed by atoms with Gasteiger partial charge in [-0.1, -0.05) is 12.1 Å². The number of anilines is 2. The Morgan fingerprint density at radius 2 is 1.76 bits per heavy atom. The predicted octanol–water partition coefficient (Wildman–Crippen LogP) is 3.87. The molecule has 0 aliphatic heterocycles. The molecule has 0 aliphatic carbocycles. The number of urea groups is 1. The van der Waals surface area contributed by atoms with E-state index in [9.17, 15) is 9.18 Å². The van der Waals surface area contributed by atoms with Crippen molar-refractivity contribution < 1.29 is 13.9 Å². The van der Waals surface area contributed by atoms with E-state index in [2.05, 4.69) is 29.4 Å². The third-order valence-electron chi connectivity index (χ3n) is 3.74. The molecule has 0 unspecified atom stereocenters. The van der Waals surface area contributed by atoms with Crippen LogP contribution in [0.15, 0.2) is 48.5 Å².